The quantitative estimate of drug-likeness (QED) is 0.883. The molecule has 19 heavy (non-hydrogen) atoms. The third-order valence-electron chi connectivity index (χ3n) is 4.27. The summed E-state index contributed by atoms with van der Waals surface area (Å²) in [5.74, 6) is 0.458. The van der Waals surface area contributed by atoms with E-state index in [9.17, 15) is 9.50 Å². The zero-order valence-electron chi connectivity index (χ0n) is 12.1. The second kappa shape index (κ2) is 5.49. The highest BCUT2D eigenvalue weighted by atomic mass is 19.1. The lowest BCUT2D eigenvalue weighted by Gasteiger charge is -2.40. The standard InChI is InChI=1S/C16H24FNO/c1-16(2,3)13-6-8-18(9-7-13)15-5-4-14(17)10-12(15)11-19/h4-5,10,13,19H,6-9,11H2,1-3H3. The number of aliphatic hydroxyl groups excluding tert-OH is 1. The normalized spacial score (nSPS) is 17.8. The van der Waals surface area contributed by atoms with E-state index in [2.05, 4.69) is 25.7 Å². The van der Waals surface area contributed by atoms with Gasteiger partial charge in [-0.15, -0.1) is 0 Å². The Labute approximate surface area is 115 Å². The molecule has 1 heterocycles. The molecule has 0 aromatic heterocycles. The Balaban J connectivity index is 2.10. The molecule has 1 aliphatic rings. The van der Waals surface area contributed by atoms with Crippen LogP contribution in [0.2, 0.25) is 0 Å². The predicted molar refractivity (Wildman–Crippen MR) is 76.7 cm³/mol. The Kier molecular flexibility index (Phi) is 4.14. The van der Waals surface area contributed by atoms with E-state index >= 15 is 0 Å². The molecule has 0 amide bonds. The van der Waals surface area contributed by atoms with Gasteiger partial charge in [-0.05, 0) is 42.4 Å². The molecule has 0 atom stereocenters. The number of hydrogen-bond acceptors (Lipinski definition) is 2. The maximum absolute atomic E-state index is 13.2. The van der Waals surface area contributed by atoms with Gasteiger partial charge in [-0.3, -0.25) is 0 Å². The highest BCUT2D eigenvalue weighted by Gasteiger charge is 2.29. The largest absolute Gasteiger partial charge is 0.392 e. The molecule has 1 fully saturated rings. The molecule has 0 saturated carbocycles. The third-order valence-corrected chi connectivity index (χ3v) is 4.27. The molecule has 0 bridgehead atoms. The van der Waals surface area contributed by atoms with Gasteiger partial charge in [0.1, 0.15) is 5.82 Å². The van der Waals surface area contributed by atoms with E-state index in [-0.39, 0.29) is 12.4 Å². The Morgan fingerprint density at radius 1 is 1.26 bits per heavy atom. The van der Waals surface area contributed by atoms with Crippen LogP contribution in [-0.2, 0) is 6.61 Å². The van der Waals surface area contributed by atoms with Gasteiger partial charge in [0.2, 0.25) is 0 Å². The van der Waals surface area contributed by atoms with Crippen molar-refractivity contribution in [2.75, 3.05) is 18.0 Å². The number of aliphatic hydroxyl groups is 1. The number of benzene rings is 1. The van der Waals surface area contributed by atoms with Crippen molar-refractivity contribution >= 4 is 5.69 Å². The Morgan fingerprint density at radius 3 is 2.42 bits per heavy atom. The molecule has 1 aromatic carbocycles. The average molecular weight is 265 g/mol. The van der Waals surface area contributed by atoms with E-state index in [0.29, 0.717) is 11.0 Å². The fourth-order valence-electron chi connectivity index (χ4n) is 2.98. The van der Waals surface area contributed by atoms with Gasteiger partial charge in [0.15, 0.2) is 0 Å². The number of hydrogen-bond donors (Lipinski definition) is 1. The van der Waals surface area contributed by atoms with E-state index in [4.69, 9.17) is 0 Å². The number of nitrogens with zero attached hydrogens (tertiary/aromatic N) is 1. The maximum atomic E-state index is 13.2. The summed E-state index contributed by atoms with van der Waals surface area (Å²) in [7, 11) is 0. The lowest BCUT2D eigenvalue weighted by molar-refractivity contribution is 0.198. The van der Waals surface area contributed by atoms with E-state index < -0.39 is 0 Å². The summed E-state index contributed by atoms with van der Waals surface area (Å²) in [5.41, 5.74) is 2.03. The van der Waals surface area contributed by atoms with Crippen LogP contribution in [0.1, 0.15) is 39.2 Å². The van der Waals surface area contributed by atoms with Crippen molar-refractivity contribution in [1.29, 1.82) is 0 Å². The molecule has 1 aromatic rings. The zero-order valence-corrected chi connectivity index (χ0v) is 12.1. The number of rotatable bonds is 2. The van der Waals surface area contributed by atoms with E-state index in [1.165, 1.54) is 12.1 Å². The highest BCUT2D eigenvalue weighted by Crippen LogP contribution is 2.36. The first-order valence-corrected chi connectivity index (χ1v) is 7.06. The van der Waals surface area contributed by atoms with Crippen LogP contribution in [0.25, 0.3) is 0 Å². The van der Waals surface area contributed by atoms with Crippen molar-refractivity contribution in [3.8, 4) is 0 Å². The number of halogens is 1. The Hall–Kier alpha value is -1.09. The van der Waals surface area contributed by atoms with Crippen molar-refractivity contribution < 1.29 is 9.50 Å². The second-order valence-electron chi connectivity index (χ2n) is 6.56. The van der Waals surface area contributed by atoms with Gasteiger partial charge in [0.05, 0.1) is 6.61 Å². The van der Waals surface area contributed by atoms with Crippen LogP contribution in [0.3, 0.4) is 0 Å². The summed E-state index contributed by atoms with van der Waals surface area (Å²) < 4.78 is 13.2. The minimum atomic E-state index is -0.280. The van der Waals surface area contributed by atoms with Crippen molar-refractivity contribution in [3.63, 3.8) is 0 Å². The third kappa shape index (κ3) is 3.27. The van der Waals surface area contributed by atoms with Gasteiger partial charge in [-0.2, -0.15) is 0 Å². The lowest BCUT2D eigenvalue weighted by Crippen LogP contribution is -2.38. The van der Waals surface area contributed by atoms with Crippen LogP contribution in [0, 0.1) is 17.2 Å². The molecule has 1 saturated heterocycles. The Bertz CT molecular complexity index is 431. The Morgan fingerprint density at radius 2 is 1.89 bits per heavy atom. The van der Waals surface area contributed by atoms with E-state index in [1.807, 2.05) is 0 Å². The lowest BCUT2D eigenvalue weighted by atomic mass is 9.75. The summed E-state index contributed by atoms with van der Waals surface area (Å²) >= 11 is 0. The van der Waals surface area contributed by atoms with Gasteiger partial charge in [0, 0.05) is 24.3 Å². The summed E-state index contributed by atoms with van der Waals surface area (Å²) in [6.07, 6.45) is 2.32. The molecule has 1 N–H and O–H groups in total. The number of anilines is 1. The van der Waals surface area contributed by atoms with Crippen molar-refractivity contribution in [1.82, 2.24) is 0 Å². The highest BCUT2D eigenvalue weighted by molar-refractivity contribution is 5.53. The van der Waals surface area contributed by atoms with Crippen LogP contribution in [0.4, 0.5) is 10.1 Å². The monoisotopic (exact) mass is 265 g/mol. The number of piperidine rings is 1. The van der Waals surface area contributed by atoms with Crippen LogP contribution < -0.4 is 4.90 Å². The fraction of sp³-hybridized carbons (Fsp3) is 0.625. The molecular weight excluding hydrogens is 241 g/mol. The summed E-state index contributed by atoms with van der Waals surface area (Å²) in [6.45, 7) is 8.76. The second-order valence-corrected chi connectivity index (χ2v) is 6.56. The van der Waals surface area contributed by atoms with Gasteiger partial charge < -0.3 is 10.0 Å². The molecule has 2 rings (SSSR count). The van der Waals surface area contributed by atoms with Crippen molar-refractivity contribution in [2.45, 2.75) is 40.2 Å². The summed E-state index contributed by atoms with van der Waals surface area (Å²) in [4.78, 5) is 2.27. The molecule has 106 valence electrons. The molecular formula is C16H24FNO. The zero-order chi connectivity index (χ0) is 14.0. The molecule has 0 unspecified atom stereocenters. The molecule has 2 nitrogen and oxygen atoms in total. The molecule has 0 spiro atoms. The predicted octanol–water partition coefficient (Wildman–Crippen LogP) is 3.58. The van der Waals surface area contributed by atoms with Crippen LogP contribution in [0.5, 0.6) is 0 Å². The minimum absolute atomic E-state index is 0.105. The summed E-state index contributed by atoms with van der Waals surface area (Å²) in [5, 5.41) is 9.36. The van der Waals surface area contributed by atoms with Gasteiger partial charge in [-0.25, -0.2) is 4.39 Å². The SMILES string of the molecule is CC(C)(C)C1CCN(c2ccc(F)cc2CO)CC1. The average Bonchev–Trinajstić information content (AvgIpc) is 2.37. The smallest absolute Gasteiger partial charge is 0.123 e. The minimum Gasteiger partial charge on any atom is -0.392 e. The molecule has 3 heteroatoms. The molecule has 0 radical (unpaired) electrons. The first kappa shape index (κ1) is 14.3. The van der Waals surface area contributed by atoms with Crippen LogP contribution >= 0.6 is 0 Å². The van der Waals surface area contributed by atoms with Crippen molar-refractivity contribution in [3.05, 3.63) is 29.6 Å². The van der Waals surface area contributed by atoms with Crippen molar-refractivity contribution in [2.24, 2.45) is 11.3 Å². The topological polar surface area (TPSA) is 23.5 Å². The maximum Gasteiger partial charge on any atom is 0.123 e. The van der Waals surface area contributed by atoms with Crippen LogP contribution in [0.15, 0.2) is 18.2 Å². The van der Waals surface area contributed by atoms with Gasteiger partial charge >= 0.3 is 0 Å². The van der Waals surface area contributed by atoms with Gasteiger partial charge in [-0.1, -0.05) is 20.8 Å². The van der Waals surface area contributed by atoms with E-state index in [1.54, 1.807) is 6.07 Å². The molecule has 0 aliphatic carbocycles. The summed E-state index contributed by atoms with van der Waals surface area (Å²) in [6, 6.07) is 4.70. The van der Waals surface area contributed by atoms with Crippen LogP contribution in [-0.4, -0.2) is 18.2 Å². The van der Waals surface area contributed by atoms with E-state index in [0.717, 1.165) is 37.5 Å². The van der Waals surface area contributed by atoms with Gasteiger partial charge in [0.25, 0.3) is 0 Å². The first-order valence-electron chi connectivity index (χ1n) is 7.06. The fourth-order valence-corrected chi connectivity index (χ4v) is 2.98. The molecule has 1 aliphatic heterocycles. The first-order chi connectivity index (χ1) is 8.91.